The van der Waals surface area contributed by atoms with E-state index in [0.717, 1.165) is 55.1 Å². The first-order valence-electron chi connectivity index (χ1n) is 9.65. The molecule has 1 saturated heterocycles. The van der Waals surface area contributed by atoms with Gasteiger partial charge in [0.05, 0.1) is 15.2 Å². The van der Waals surface area contributed by atoms with Gasteiger partial charge < -0.3 is 10.2 Å². The summed E-state index contributed by atoms with van der Waals surface area (Å²) in [6, 6.07) is 6.06. The van der Waals surface area contributed by atoms with Crippen molar-refractivity contribution in [2.75, 3.05) is 25.0 Å². The van der Waals surface area contributed by atoms with Crippen LogP contribution < -0.4 is 5.32 Å². The van der Waals surface area contributed by atoms with Crippen molar-refractivity contribution in [3.05, 3.63) is 23.2 Å². The minimum Gasteiger partial charge on any atom is -0.326 e. The fourth-order valence-corrected chi connectivity index (χ4v) is 5.26. The number of benzene rings is 1. The quantitative estimate of drug-likeness (QED) is 0.851. The van der Waals surface area contributed by atoms with Gasteiger partial charge in [-0.25, -0.2) is 4.98 Å². The molecule has 1 spiro atoms. The van der Waals surface area contributed by atoms with Crippen LogP contribution in [0.1, 0.15) is 45.0 Å². The highest BCUT2D eigenvalue weighted by atomic mass is 32.1. The third kappa shape index (κ3) is 3.65. The van der Waals surface area contributed by atoms with E-state index in [2.05, 4.69) is 42.0 Å². The summed E-state index contributed by atoms with van der Waals surface area (Å²) in [5.41, 5.74) is 2.46. The largest absolute Gasteiger partial charge is 0.326 e. The van der Waals surface area contributed by atoms with Crippen molar-refractivity contribution in [1.29, 1.82) is 0 Å². The van der Waals surface area contributed by atoms with E-state index < -0.39 is 0 Å². The molecule has 4 rings (SSSR count). The van der Waals surface area contributed by atoms with Gasteiger partial charge in [0.25, 0.3) is 0 Å². The SMILES string of the molecule is Cc1nc2cc(NC(=O)C3CC34CCN(CC(C)(C)C)CC4)ccc2s1. The minimum absolute atomic E-state index is 0.187. The lowest BCUT2D eigenvalue weighted by atomic mass is 9.88. The number of hydrogen-bond donors (Lipinski definition) is 1. The number of fused-ring (bicyclic) bond motifs is 1. The van der Waals surface area contributed by atoms with Crippen LogP contribution in [0.3, 0.4) is 0 Å². The van der Waals surface area contributed by atoms with Gasteiger partial charge in [-0.15, -0.1) is 11.3 Å². The fraction of sp³-hybridized carbons (Fsp3) is 0.619. The second-order valence-corrected chi connectivity index (χ2v) is 10.6. The third-order valence-corrected chi connectivity index (χ3v) is 6.77. The molecule has 1 amide bonds. The number of piperidine rings is 1. The Morgan fingerprint density at radius 2 is 2.08 bits per heavy atom. The number of rotatable bonds is 3. The summed E-state index contributed by atoms with van der Waals surface area (Å²) in [4.78, 5) is 19.8. The first-order chi connectivity index (χ1) is 12.2. The van der Waals surface area contributed by atoms with Crippen molar-refractivity contribution in [2.45, 2.75) is 47.0 Å². The second-order valence-electron chi connectivity index (χ2n) is 9.36. The Morgan fingerprint density at radius 3 is 2.77 bits per heavy atom. The average Bonchev–Trinajstić information content (AvgIpc) is 3.12. The van der Waals surface area contributed by atoms with Gasteiger partial charge in [0, 0.05) is 18.2 Å². The van der Waals surface area contributed by atoms with Crippen LogP contribution in [0.4, 0.5) is 5.69 Å². The monoisotopic (exact) mass is 371 g/mol. The standard InChI is InChI=1S/C21H29N3OS/c1-14-22-17-11-15(5-6-18(17)26-14)23-19(25)16-12-21(16)7-9-24(10-8-21)13-20(2,3)4/h5-6,11,16H,7-10,12-13H2,1-4H3,(H,23,25). The molecule has 0 bridgehead atoms. The Kier molecular flexibility index (Phi) is 4.35. The van der Waals surface area contributed by atoms with Crippen LogP contribution in [-0.2, 0) is 4.79 Å². The highest BCUT2D eigenvalue weighted by Gasteiger charge is 2.58. The summed E-state index contributed by atoms with van der Waals surface area (Å²) < 4.78 is 1.18. The molecule has 1 saturated carbocycles. The molecule has 4 nitrogen and oxygen atoms in total. The molecule has 140 valence electrons. The molecule has 2 fully saturated rings. The summed E-state index contributed by atoms with van der Waals surface area (Å²) in [5.74, 6) is 0.382. The number of anilines is 1. The molecular weight excluding hydrogens is 342 g/mol. The Morgan fingerprint density at radius 1 is 1.35 bits per heavy atom. The molecule has 1 atom stereocenters. The Labute approximate surface area is 160 Å². The van der Waals surface area contributed by atoms with E-state index in [1.54, 1.807) is 11.3 Å². The molecule has 1 aromatic heterocycles. The molecule has 2 heterocycles. The Bertz CT molecular complexity index is 827. The predicted octanol–water partition coefficient (Wildman–Crippen LogP) is 4.69. The summed E-state index contributed by atoms with van der Waals surface area (Å²) in [6.07, 6.45) is 3.37. The molecule has 1 unspecified atom stereocenters. The first-order valence-corrected chi connectivity index (χ1v) is 10.5. The van der Waals surface area contributed by atoms with Gasteiger partial charge in [-0.3, -0.25) is 4.79 Å². The number of amides is 1. The lowest BCUT2D eigenvalue weighted by Gasteiger charge is -2.36. The maximum absolute atomic E-state index is 12.8. The zero-order valence-electron chi connectivity index (χ0n) is 16.3. The fourth-order valence-electron chi connectivity index (χ4n) is 4.45. The van der Waals surface area contributed by atoms with Gasteiger partial charge in [0.2, 0.25) is 5.91 Å². The molecular formula is C21H29N3OS. The summed E-state index contributed by atoms with van der Waals surface area (Å²) in [7, 11) is 0. The van der Waals surface area contributed by atoms with Crippen LogP contribution in [0.2, 0.25) is 0 Å². The van der Waals surface area contributed by atoms with E-state index in [0.29, 0.717) is 5.41 Å². The number of aromatic nitrogens is 1. The third-order valence-electron chi connectivity index (χ3n) is 5.82. The topological polar surface area (TPSA) is 45.2 Å². The van der Waals surface area contributed by atoms with Crippen LogP contribution in [0.15, 0.2) is 18.2 Å². The zero-order valence-corrected chi connectivity index (χ0v) is 17.1. The van der Waals surface area contributed by atoms with Gasteiger partial charge in [-0.2, -0.15) is 0 Å². The lowest BCUT2D eigenvalue weighted by molar-refractivity contribution is -0.118. The number of likely N-dealkylation sites (tertiary alicyclic amines) is 1. The Hall–Kier alpha value is -1.46. The second kappa shape index (κ2) is 6.31. The van der Waals surface area contributed by atoms with Crippen LogP contribution in [-0.4, -0.2) is 35.4 Å². The number of hydrogen-bond acceptors (Lipinski definition) is 4. The molecule has 2 aliphatic rings. The van der Waals surface area contributed by atoms with Gasteiger partial charge in [-0.1, -0.05) is 20.8 Å². The van der Waals surface area contributed by atoms with Crippen molar-refractivity contribution in [3.8, 4) is 0 Å². The Balaban J connectivity index is 1.35. The van der Waals surface area contributed by atoms with E-state index >= 15 is 0 Å². The van der Waals surface area contributed by atoms with Crippen molar-refractivity contribution in [1.82, 2.24) is 9.88 Å². The van der Waals surface area contributed by atoms with E-state index in [-0.39, 0.29) is 17.2 Å². The van der Waals surface area contributed by atoms with Gasteiger partial charge in [-0.05, 0) is 68.3 Å². The zero-order chi connectivity index (χ0) is 18.5. The molecule has 0 radical (unpaired) electrons. The van der Waals surface area contributed by atoms with E-state index in [9.17, 15) is 4.79 Å². The van der Waals surface area contributed by atoms with Gasteiger partial charge >= 0.3 is 0 Å². The maximum atomic E-state index is 12.8. The normalized spacial score (nSPS) is 22.7. The smallest absolute Gasteiger partial charge is 0.228 e. The molecule has 2 aromatic rings. The number of carbonyl (C=O) groups excluding carboxylic acids is 1. The molecule has 26 heavy (non-hydrogen) atoms. The van der Waals surface area contributed by atoms with Crippen molar-refractivity contribution < 1.29 is 4.79 Å². The van der Waals surface area contributed by atoms with Crippen LogP contribution >= 0.6 is 11.3 Å². The predicted molar refractivity (Wildman–Crippen MR) is 109 cm³/mol. The first kappa shape index (κ1) is 17.9. The molecule has 1 aliphatic heterocycles. The number of aryl methyl sites for hydroxylation is 1. The maximum Gasteiger partial charge on any atom is 0.228 e. The summed E-state index contributed by atoms with van der Waals surface area (Å²) in [5, 5.41) is 4.20. The number of nitrogens with zero attached hydrogens (tertiary/aromatic N) is 2. The van der Waals surface area contributed by atoms with E-state index in [1.807, 2.05) is 19.1 Å². The van der Waals surface area contributed by atoms with Crippen molar-refractivity contribution in [2.24, 2.45) is 16.7 Å². The van der Waals surface area contributed by atoms with Crippen LogP contribution in [0, 0.1) is 23.7 Å². The van der Waals surface area contributed by atoms with Gasteiger partial charge in [0.1, 0.15) is 0 Å². The highest BCUT2D eigenvalue weighted by molar-refractivity contribution is 7.18. The lowest BCUT2D eigenvalue weighted by Crippen LogP contribution is -2.40. The van der Waals surface area contributed by atoms with Crippen LogP contribution in [0.5, 0.6) is 0 Å². The highest BCUT2D eigenvalue weighted by Crippen LogP contribution is 2.59. The van der Waals surface area contributed by atoms with E-state index in [1.165, 1.54) is 4.70 Å². The number of nitrogens with one attached hydrogen (secondary N) is 1. The molecule has 1 aliphatic carbocycles. The van der Waals surface area contributed by atoms with Crippen molar-refractivity contribution in [3.63, 3.8) is 0 Å². The van der Waals surface area contributed by atoms with Crippen LogP contribution in [0.25, 0.3) is 10.2 Å². The van der Waals surface area contributed by atoms with E-state index in [4.69, 9.17) is 0 Å². The van der Waals surface area contributed by atoms with Gasteiger partial charge in [0.15, 0.2) is 0 Å². The molecule has 1 aromatic carbocycles. The number of carbonyl (C=O) groups is 1. The summed E-state index contributed by atoms with van der Waals surface area (Å²) in [6.45, 7) is 12.3. The van der Waals surface area contributed by atoms with Crippen molar-refractivity contribution >= 4 is 33.1 Å². The average molecular weight is 372 g/mol. The molecule has 5 heteroatoms. The number of thiazole rings is 1. The molecule has 1 N–H and O–H groups in total. The summed E-state index contributed by atoms with van der Waals surface area (Å²) >= 11 is 1.69. The minimum atomic E-state index is 0.187.